The average molecular weight is 273 g/mol. The van der Waals surface area contributed by atoms with Gasteiger partial charge in [0, 0.05) is 26.1 Å². The molecule has 0 atom stereocenters. The molecule has 0 spiro atoms. The minimum atomic E-state index is 0.0250. The van der Waals surface area contributed by atoms with Crippen molar-refractivity contribution in [3.63, 3.8) is 0 Å². The highest BCUT2D eigenvalue weighted by molar-refractivity contribution is 5.73. The number of pyridine rings is 1. The lowest BCUT2D eigenvalue weighted by atomic mass is 9.73. The molecule has 0 aromatic carbocycles. The highest BCUT2D eigenvalue weighted by atomic mass is 15.2. The largest absolute Gasteiger partial charge is 0.363 e. The molecule has 2 aromatic heterocycles. The maximum Gasteiger partial charge on any atom is 0.179 e. The molecule has 1 aliphatic rings. The molecule has 5 heteroatoms. The van der Waals surface area contributed by atoms with Crippen LogP contribution in [0.25, 0.3) is 11.2 Å². The summed E-state index contributed by atoms with van der Waals surface area (Å²) in [5.74, 6) is 1.96. The van der Waals surface area contributed by atoms with E-state index >= 15 is 0 Å². The normalized spacial score (nSPS) is 18.4. The Morgan fingerprint density at radius 3 is 2.60 bits per heavy atom. The van der Waals surface area contributed by atoms with Crippen LogP contribution in [0.1, 0.15) is 37.9 Å². The van der Waals surface area contributed by atoms with E-state index < -0.39 is 0 Å². The maximum absolute atomic E-state index is 6.08. The van der Waals surface area contributed by atoms with E-state index in [1.165, 1.54) is 19.3 Å². The third kappa shape index (κ3) is 2.16. The van der Waals surface area contributed by atoms with E-state index in [0.717, 1.165) is 35.6 Å². The predicted octanol–water partition coefficient (Wildman–Crippen LogP) is 2.18. The van der Waals surface area contributed by atoms with Crippen LogP contribution in [0, 0.1) is 0 Å². The fourth-order valence-corrected chi connectivity index (χ4v) is 3.15. The predicted molar refractivity (Wildman–Crippen MR) is 82.0 cm³/mol. The summed E-state index contributed by atoms with van der Waals surface area (Å²) < 4.78 is 0. The molecular formula is C15H23N5. The van der Waals surface area contributed by atoms with Gasteiger partial charge in [-0.2, -0.15) is 0 Å². The van der Waals surface area contributed by atoms with E-state index in [1.807, 2.05) is 25.1 Å². The number of nitrogens with two attached hydrogens (primary N) is 1. The van der Waals surface area contributed by atoms with E-state index in [0.29, 0.717) is 6.54 Å². The molecular weight excluding hydrogens is 250 g/mol. The van der Waals surface area contributed by atoms with Crippen molar-refractivity contribution in [1.82, 2.24) is 15.0 Å². The van der Waals surface area contributed by atoms with E-state index in [9.17, 15) is 0 Å². The Bertz CT molecular complexity index is 595. The molecule has 0 amide bonds. The molecule has 1 aliphatic carbocycles. The molecule has 0 aliphatic heterocycles. The molecule has 0 unspecified atom stereocenters. The SMILES string of the molecule is CN(C)c1ccc2[nH]c(C3(CN)CCCCC3)nc2n1. The fourth-order valence-electron chi connectivity index (χ4n) is 3.15. The molecule has 5 nitrogen and oxygen atoms in total. The van der Waals surface area contributed by atoms with Crippen LogP contribution in [0.4, 0.5) is 5.82 Å². The Morgan fingerprint density at radius 1 is 1.20 bits per heavy atom. The first kappa shape index (κ1) is 13.4. The van der Waals surface area contributed by atoms with Gasteiger partial charge < -0.3 is 15.6 Å². The van der Waals surface area contributed by atoms with Crippen molar-refractivity contribution in [1.29, 1.82) is 0 Å². The molecule has 2 aromatic rings. The molecule has 2 heterocycles. The average Bonchev–Trinajstić information content (AvgIpc) is 2.91. The summed E-state index contributed by atoms with van der Waals surface area (Å²) in [6.07, 6.45) is 6.05. The van der Waals surface area contributed by atoms with Crippen LogP contribution in [-0.4, -0.2) is 35.6 Å². The molecule has 1 fully saturated rings. The van der Waals surface area contributed by atoms with Crippen LogP contribution >= 0.6 is 0 Å². The van der Waals surface area contributed by atoms with Gasteiger partial charge in [-0.25, -0.2) is 9.97 Å². The highest BCUT2D eigenvalue weighted by Gasteiger charge is 2.35. The third-order valence-electron chi connectivity index (χ3n) is 4.49. The monoisotopic (exact) mass is 273 g/mol. The summed E-state index contributed by atoms with van der Waals surface area (Å²) in [6, 6.07) is 4.07. The van der Waals surface area contributed by atoms with E-state index in [2.05, 4.69) is 16.0 Å². The van der Waals surface area contributed by atoms with Crippen LogP contribution in [0.3, 0.4) is 0 Å². The first-order valence-electron chi connectivity index (χ1n) is 7.39. The first-order valence-corrected chi connectivity index (χ1v) is 7.39. The van der Waals surface area contributed by atoms with Gasteiger partial charge >= 0.3 is 0 Å². The Kier molecular flexibility index (Phi) is 3.38. The fraction of sp³-hybridized carbons (Fsp3) is 0.600. The van der Waals surface area contributed by atoms with Crippen LogP contribution < -0.4 is 10.6 Å². The molecule has 0 radical (unpaired) electrons. The van der Waals surface area contributed by atoms with Crippen LogP contribution in [0.15, 0.2) is 12.1 Å². The van der Waals surface area contributed by atoms with Crippen LogP contribution in [0.5, 0.6) is 0 Å². The molecule has 1 saturated carbocycles. The zero-order valence-corrected chi connectivity index (χ0v) is 12.3. The van der Waals surface area contributed by atoms with E-state index in [4.69, 9.17) is 10.7 Å². The van der Waals surface area contributed by atoms with Crippen molar-refractivity contribution in [2.24, 2.45) is 5.73 Å². The number of fused-ring (bicyclic) bond motifs is 1. The number of aromatic nitrogens is 3. The van der Waals surface area contributed by atoms with Crippen molar-refractivity contribution < 1.29 is 0 Å². The van der Waals surface area contributed by atoms with Crippen molar-refractivity contribution in [2.75, 3.05) is 25.5 Å². The number of rotatable bonds is 3. The number of nitrogens with one attached hydrogen (secondary N) is 1. The van der Waals surface area contributed by atoms with Gasteiger partial charge in [0.1, 0.15) is 11.6 Å². The van der Waals surface area contributed by atoms with Gasteiger partial charge in [-0.3, -0.25) is 0 Å². The molecule has 108 valence electrons. The number of aromatic amines is 1. The number of imidazole rings is 1. The lowest BCUT2D eigenvalue weighted by Gasteiger charge is -2.34. The van der Waals surface area contributed by atoms with Gasteiger partial charge in [-0.15, -0.1) is 0 Å². The Labute approximate surface area is 119 Å². The molecule has 0 bridgehead atoms. The van der Waals surface area contributed by atoms with Gasteiger partial charge in [0.05, 0.1) is 5.52 Å². The maximum atomic E-state index is 6.08. The van der Waals surface area contributed by atoms with Gasteiger partial charge in [-0.1, -0.05) is 19.3 Å². The zero-order valence-electron chi connectivity index (χ0n) is 12.3. The van der Waals surface area contributed by atoms with E-state index in [1.54, 1.807) is 0 Å². The third-order valence-corrected chi connectivity index (χ3v) is 4.49. The van der Waals surface area contributed by atoms with Crippen molar-refractivity contribution >= 4 is 17.0 Å². The second-order valence-corrected chi connectivity index (χ2v) is 6.07. The van der Waals surface area contributed by atoms with Gasteiger partial charge in [-0.05, 0) is 25.0 Å². The van der Waals surface area contributed by atoms with Gasteiger partial charge in [0.25, 0.3) is 0 Å². The lowest BCUT2D eigenvalue weighted by Crippen LogP contribution is -2.38. The van der Waals surface area contributed by atoms with E-state index in [-0.39, 0.29) is 5.41 Å². The quantitative estimate of drug-likeness (QED) is 0.899. The number of hydrogen-bond acceptors (Lipinski definition) is 4. The standard InChI is InChI=1S/C15H23N5/c1-20(2)12-7-6-11-13(18-12)19-14(17-11)15(10-16)8-4-3-5-9-15/h6-7H,3-5,8-10,16H2,1-2H3,(H,17,18,19). The lowest BCUT2D eigenvalue weighted by molar-refractivity contribution is 0.288. The molecule has 20 heavy (non-hydrogen) atoms. The number of H-pyrrole nitrogens is 1. The Hall–Kier alpha value is -1.62. The number of nitrogens with zero attached hydrogens (tertiary/aromatic N) is 3. The van der Waals surface area contributed by atoms with Crippen LogP contribution in [-0.2, 0) is 5.41 Å². The van der Waals surface area contributed by atoms with Crippen molar-refractivity contribution in [3.05, 3.63) is 18.0 Å². The number of anilines is 1. The summed E-state index contributed by atoms with van der Waals surface area (Å²) in [5, 5.41) is 0. The van der Waals surface area contributed by atoms with Crippen molar-refractivity contribution in [3.8, 4) is 0 Å². The van der Waals surface area contributed by atoms with Gasteiger partial charge in [0.15, 0.2) is 5.65 Å². The minimum absolute atomic E-state index is 0.0250. The summed E-state index contributed by atoms with van der Waals surface area (Å²) in [7, 11) is 3.98. The molecule has 3 N–H and O–H groups in total. The zero-order chi connectivity index (χ0) is 14.2. The topological polar surface area (TPSA) is 70.8 Å². The smallest absolute Gasteiger partial charge is 0.179 e. The Balaban J connectivity index is 2.03. The summed E-state index contributed by atoms with van der Waals surface area (Å²) in [4.78, 5) is 14.8. The molecule has 3 rings (SSSR count). The molecule has 0 saturated heterocycles. The second kappa shape index (κ2) is 5.05. The summed E-state index contributed by atoms with van der Waals surface area (Å²) in [5.41, 5.74) is 7.91. The second-order valence-electron chi connectivity index (χ2n) is 6.07. The minimum Gasteiger partial charge on any atom is -0.363 e. The van der Waals surface area contributed by atoms with Crippen LogP contribution in [0.2, 0.25) is 0 Å². The van der Waals surface area contributed by atoms with Gasteiger partial charge in [0.2, 0.25) is 0 Å². The highest BCUT2D eigenvalue weighted by Crippen LogP contribution is 2.37. The first-order chi connectivity index (χ1) is 9.64. The number of hydrogen-bond donors (Lipinski definition) is 2. The summed E-state index contributed by atoms with van der Waals surface area (Å²) in [6.45, 7) is 0.660. The summed E-state index contributed by atoms with van der Waals surface area (Å²) >= 11 is 0. The van der Waals surface area contributed by atoms with Crippen molar-refractivity contribution in [2.45, 2.75) is 37.5 Å². The Morgan fingerprint density at radius 2 is 1.95 bits per heavy atom.